The van der Waals surface area contributed by atoms with Gasteiger partial charge in [0.2, 0.25) is 5.91 Å². The number of amides is 2. The van der Waals surface area contributed by atoms with E-state index >= 15 is 0 Å². The number of rotatable bonds is 5. The summed E-state index contributed by atoms with van der Waals surface area (Å²) in [5, 5.41) is 5.60. The summed E-state index contributed by atoms with van der Waals surface area (Å²) in [5.74, 6) is -0.585. The molecule has 0 spiro atoms. The number of nitrogens with one attached hydrogen (secondary N) is 2. The van der Waals surface area contributed by atoms with Gasteiger partial charge in [-0.2, -0.15) is 0 Å². The molecule has 6 heteroatoms. The van der Waals surface area contributed by atoms with E-state index in [0.717, 1.165) is 0 Å². The highest BCUT2D eigenvalue weighted by molar-refractivity contribution is 6.34. The van der Waals surface area contributed by atoms with Crippen molar-refractivity contribution in [1.82, 2.24) is 5.32 Å². The van der Waals surface area contributed by atoms with Crippen molar-refractivity contribution in [2.45, 2.75) is 13.8 Å². The lowest BCUT2D eigenvalue weighted by atomic mass is 9.95. The Labute approximate surface area is 123 Å². The molecule has 0 bridgehead atoms. The molecule has 1 unspecified atom stereocenters. The van der Waals surface area contributed by atoms with Crippen molar-refractivity contribution in [3.05, 3.63) is 28.8 Å². The predicted octanol–water partition coefficient (Wildman–Crippen LogP) is 1.87. The zero-order valence-corrected chi connectivity index (χ0v) is 12.6. The molecule has 1 rings (SSSR count). The maximum Gasteiger partial charge on any atom is 0.252 e. The third-order valence-corrected chi connectivity index (χ3v) is 3.43. The monoisotopic (exact) mass is 297 g/mol. The molecule has 0 radical (unpaired) electrons. The van der Waals surface area contributed by atoms with Gasteiger partial charge >= 0.3 is 0 Å². The summed E-state index contributed by atoms with van der Waals surface area (Å²) >= 11 is 5.95. The zero-order valence-electron chi connectivity index (χ0n) is 11.9. The number of carbonyl (C=O) groups is 2. The van der Waals surface area contributed by atoms with E-state index in [9.17, 15) is 9.59 Å². The fourth-order valence-corrected chi connectivity index (χ4v) is 2.03. The fraction of sp³-hybridized carbons (Fsp3) is 0.429. The highest BCUT2D eigenvalue weighted by Crippen LogP contribution is 2.21. The second kappa shape index (κ2) is 7.26. The number of hydrogen-bond donors (Lipinski definition) is 3. The molecule has 0 fully saturated rings. The Bertz CT molecular complexity index is 503. The number of halogens is 1. The van der Waals surface area contributed by atoms with Crippen LogP contribution in [0.3, 0.4) is 0 Å². The second-order valence-corrected chi connectivity index (χ2v) is 5.26. The first kappa shape index (κ1) is 16.5. The van der Waals surface area contributed by atoms with Crippen LogP contribution in [0.25, 0.3) is 0 Å². The quantitative estimate of drug-likeness (QED) is 0.775. The van der Waals surface area contributed by atoms with Gasteiger partial charge < -0.3 is 16.4 Å². The van der Waals surface area contributed by atoms with E-state index in [-0.39, 0.29) is 30.2 Å². The van der Waals surface area contributed by atoms with Gasteiger partial charge in [-0.15, -0.1) is 0 Å². The van der Waals surface area contributed by atoms with Gasteiger partial charge in [0, 0.05) is 19.3 Å². The van der Waals surface area contributed by atoms with Crippen LogP contribution >= 0.6 is 11.6 Å². The normalized spacial score (nSPS) is 12.1. The standard InChI is InChI=1S/C14H20ClN3O2/c1-8(2)11(7-16)14(20)18-9-4-5-12(15)10(6-9)13(19)17-3/h4-6,8,11H,7,16H2,1-3H3,(H,17,19)(H,18,20). The number of benzene rings is 1. The van der Waals surface area contributed by atoms with Gasteiger partial charge in [0.15, 0.2) is 0 Å². The van der Waals surface area contributed by atoms with Crippen LogP contribution in [0.2, 0.25) is 5.02 Å². The summed E-state index contributed by atoms with van der Waals surface area (Å²) in [6.45, 7) is 4.16. The van der Waals surface area contributed by atoms with Crippen LogP contribution in [0, 0.1) is 11.8 Å². The Hall–Kier alpha value is -1.59. The molecule has 5 nitrogen and oxygen atoms in total. The lowest BCUT2D eigenvalue weighted by molar-refractivity contribution is -0.120. The molecule has 0 saturated carbocycles. The average Bonchev–Trinajstić information content (AvgIpc) is 2.40. The minimum absolute atomic E-state index is 0.144. The molecule has 0 aliphatic heterocycles. The Morgan fingerprint density at radius 2 is 2.00 bits per heavy atom. The fourth-order valence-electron chi connectivity index (χ4n) is 1.83. The third kappa shape index (κ3) is 3.95. The van der Waals surface area contributed by atoms with Gasteiger partial charge in [-0.05, 0) is 24.1 Å². The summed E-state index contributed by atoms with van der Waals surface area (Å²) in [4.78, 5) is 23.7. The predicted molar refractivity (Wildman–Crippen MR) is 80.9 cm³/mol. The molecule has 1 atom stereocenters. The third-order valence-electron chi connectivity index (χ3n) is 3.10. The number of nitrogens with two attached hydrogens (primary N) is 1. The van der Waals surface area contributed by atoms with Crippen LogP contribution in [0.4, 0.5) is 5.69 Å². The molecule has 2 amide bonds. The molecule has 4 N–H and O–H groups in total. The summed E-state index contributed by atoms with van der Waals surface area (Å²) in [7, 11) is 1.52. The molecule has 0 heterocycles. The number of hydrogen-bond acceptors (Lipinski definition) is 3. The van der Waals surface area contributed by atoms with E-state index in [1.807, 2.05) is 13.8 Å². The minimum Gasteiger partial charge on any atom is -0.355 e. The van der Waals surface area contributed by atoms with E-state index in [4.69, 9.17) is 17.3 Å². The van der Waals surface area contributed by atoms with Crippen molar-refractivity contribution >= 4 is 29.1 Å². The Morgan fingerprint density at radius 1 is 1.35 bits per heavy atom. The summed E-state index contributed by atoms with van der Waals surface area (Å²) in [6, 6.07) is 4.78. The van der Waals surface area contributed by atoms with E-state index in [1.54, 1.807) is 18.2 Å². The smallest absolute Gasteiger partial charge is 0.252 e. The lowest BCUT2D eigenvalue weighted by Crippen LogP contribution is -2.33. The van der Waals surface area contributed by atoms with Crippen LogP contribution < -0.4 is 16.4 Å². The summed E-state index contributed by atoms with van der Waals surface area (Å²) in [5.41, 5.74) is 6.45. The molecule has 0 aliphatic carbocycles. The molecule has 0 aliphatic rings. The van der Waals surface area contributed by atoms with Crippen molar-refractivity contribution in [3.8, 4) is 0 Å². The molecule has 110 valence electrons. The van der Waals surface area contributed by atoms with Gasteiger partial charge in [0.05, 0.1) is 16.5 Å². The first-order valence-electron chi connectivity index (χ1n) is 6.43. The highest BCUT2D eigenvalue weighted by atomic mass is 35.5. The van der Waals surface area contributed by atoms with Crippen LogP contribution in [-0.4, -0.2) is 25.4 Å². The number of carbonyl (C=O) groups excluding carboxylic acids is 2. The largest absolute Gasteiger partial charge is 0.355 e. The molecule has 1 aromatic rings. The second-order valence-electron chi connectivity index (χ2n) is 4.85. The average molecular weight is 298 g/mol. The number of anilines is 1. The molecular formula is C14H20ClN3O2. The van der Waals surface area contributed by atoms with Gasteiger partial charge in [0.25, 0.3) is 5.91 Å². The van der Waals surface area contributed by atoms with Gasteiger partial charge in [-0.25, -0.2) is 0 Å². The Kier molecular flexibility index (Phi) is 5.98. The topological polar surface area (TPSA) is 84.2 Å². The van der Waals surface area contributed by atoms with Crippen molar-refractivity contribution < 1.29 is 9.59 Å². The summed E-state index contributed by atoms with van der Waals surface area (Å²) in [6.07, 6.45) is 0. The highest BCUT2D eigenvalue weighted by Gasteiger charge is 2.21. The van der Waals surface area contributed by atoms with Crippen LogP contribution in [0.5, 0.6) is 0 Å². The van der Waals surface area contributed by atoms with Crippen LogP contribution in [0.15, 0.2) is 18.2 Å². The van der Waals surface area contributed by atoms with E-state index in [1.165, 1.54) is 7.05 Å². The lowest BCUT2D eigenvalue weighted by Gasteiger charge is -2.18. The van der Waals surface area contributed by atoms with Gasteiger partial charge in [0.1, 0.15) is 0 Å². The Balaban J connectivity index is 2.93. The molecule has 0 saturated heterocycles. The maximum absolute atomic E-state index is 12.1. The molecule has 0 aromatic heterocycles. The van der Waals surface area contributed by atoms with E-state index in [2.05, 4.69) is 10.6 Å². The van der Waals surface area contributed by atoms with Crippen molar-refractivity contribution in [2.24, 2.45) is 17.6 Å². The van der Waals surface area contributed by atoms with E-state index < -0.39 is 0 Å². The Morgan fingerprint density at radius 3 is 2.50 bits per heavy atom. The first-order valence-corrected chi connectivity index (χ1v) is 6.81. The van der Waals surface area contributed by atoms with Gasteiger partial charge in [-0.3, -0.25) is 9.59 Å². The van der Waals surface area contributed by atoms with Crippen LogP contribution in [-0.2, 0) is 4.79 Å². The molecule has 1 aromatic carbocycles. The van der Waals surface area contributed by atoms with Crippen LogP contribution in [0.1, 0.15) is 24.2 Å². The zero-order chi connectivity index (χ0) is 15.3. The van der Waals surface area contributed by atoms with E-state index in [0.29, 0.717) is 16.3 Å². The first-order chi connectivity index (χ1) is 9.40. The SMILES string of the molecule is CNC(=O)c1cc(NC(=O)C(CN)C(C)C)ccc1Cl. The minimum atomic E-state index is -0.301. The van der Waals surface area contributed by atoms with Crippen molar-refractivity contribution in [1.29, 1.82) is 0 Å². The maximum atomic E-state index is 12.1. The molecular weight excluding hydrogens is 278 g/mol. The summed E-state index contributed by atoms with van der Waals surface area (Å²) < 4.78 is 0. The van der Waals surface area contributed by atoms with Gasteiger partial charge in [-0.1, -0.05) is 25.4 Å². The van der Waals surface area contributed by atoms with Crippen molar-refractivity contribution in [3.63, 3.8) is 0 Å². The van der Waals surface area contributed by atoms with Crippen molar-refractivity contribution in [2.75, 3.05) is 18.9 Å². The molecule has 20 heavy (non-hydrogen) atoms.